The molecule has 2 atom stereocenters. The first-order chi connectivity index (χ1) is 7.31. The molecule has 0 aliphatic heterocycles. The molecular formula is C11H14ClN3. The van der Waals surface area contributed by atoms with Gasteiger partial charge in [0.1, 0.15) is 0 Å². The normalized spacial score (nSPS) is 26.9. The Bertz CT molecular complexity index is 366. The number of nitrogens with zero attached hydrogens (tertiary/aromatic N) is 3. The number of hydrogen-bond donors (Lipinski definition) is 0. The molecule has 1 aromatic heterocycles. The summed E-state index contributed by atoms with van der Waals surface area (Å²) in [5, 5.41) is 14.0. The largest absolute Gasteiger partial charge is 0.267 e. The zero-order valence-electron chi connectivity index (χ0n) is 8.56. The van der Waals surface area contributed by atoms with Crippen molar-refractivity contribution >= 4 is 11.6 Å². The van der Waals surface area contributed by atoms with Gasteiger partial charge in [-0.1, -0.05) is 30.9 Å². The SMILES string of the molecule is N#CC1CCCCCC1n1cc(Cl)cn1. The molecule has 1 fully saturated rings. The smallest absolute Gasteiger partial charge is 0.0785 e. The minimum atomic E-state index is 0.0865. The maximum Gasteiger partial charge on any atom is 0.0785 e. The number of rotatable bonds is 1. The van der Waals surface area contributed by atoms with Crippen LogP contribution in [0.5, 0.6) is 0 Å². The lowest BCUT2D eigenvalue weighted by atomic mass is 9.97. The third-order valence-corrected chi connectivity index (χ3v) is 3.25. The Balaban J connectivity index is 2.20. The molecule has 2 unspecified atom stereocenters. The lowest BCUT2D eigenvalue weighted by Crippen LogP contribution is -2.17. The molecule has 0 aromatic carbocycles. The maximum atomic E-state index is 9.13. The highest BCUT2D eigenvalue weighted by molar-refractivity contribution is 6.30. The molecule has 0 spiro atoms. The summed E-state index contributed by atoms with van der Waals surface area (Å²) >= 11 is 5.85. The molecule has 1 saturated carbocycles. The van der Waals surface area contributed by atoms with Crippen LogP contribution >= 0.6 is 11.6 Å². The van der Waals surface area contributed by atoms with E-state index in [-0.39, 0.29) is 12.0 Å². The van der Waals surface area contributed by atoms with E-state index in [2.05, 4.69) is 11.2 Å². The van der Waals surface area contributed by atoms with E-state index in [1.165, 1.54) is 12.8 Å². The fraction of sp³-hybridized carbons (Fsp3) is 0.636. The zero-order chi connectivity index (χ0) is 10.7. The first-order valence-electron chi connectivity index (χ1n) is 5.40. The van der Waals surface area contributed by atoms with Crippen molar-refractivity contribution in [1.29, 1.82) is 5.26 Å². The third kappa shape index (κ3) is 2.32. The summed E-state index contributed by atoms with van der Waals surface area (Å²) in [4.78, 5) is 0. The quantitative estimate of drug-likeness (QED) is 0.687. The Hall–Kier alpha value is -1.01. The van der Waals surface area contributed by atoms with E-state index in [1.54, 1.807) is 6.20 Å². The molecule has 3 nitrogen and oxygen atoms in total. The Morgan fingerprint density at radius 3 is 2.87 bits per heavy atom. The fourth-order valence-corrected chi connectivity index (χ4v) is 2.40. The second-order valence-electron chi connectivity index (χ2n) is 4.08. The van der Waals surface area contributed by atoms with Crippen LogP contribution in [0.25, 0.3) is 0 Å². The van der Waals surface area contributed by atoms with Crippen molar-refractivity contribution < 1.29 is 0 Å². The second-order valence-corrected chi connectivity index (χ2v) is 4.52. The average molecular weight is 224 g/mol. The Morgan fingerprint density at radius 2 is 2.20 bits per heavy atom. The molecule has 1 heterocycles. The van der Waals surface area contributed by atoms with Gasteiger partial charge in [-0.05, 0) is 12.8 Å². The lowest BCUT2D eigenvalue weighted by molar-refractivity contribution is 0.343. The monoisotopic (exact) mass is 223 g/mol. The summed E-state index contributed by atoms with van der Waals surface area (Å²) in [5.41, 5.74) is 0. The van der Waals surface area contributed by atoms with E-state index in [1.807, 2.05) is 10.9 Å². The van der Waals surface area contributed by atoms with Crippen LogP contribution in [0, 0.1) is 17.2 Å². The third-order valence-electron chi connectivity index (χ3n) is 3.06. The van der Waals surface area contributed by atoms with Gasteiger partial charge in [0.2, 0.25) is 0 Å². The lowest BCUT2D eigenvalue weighted by Gasteiger charge is -2.19. The van der Waals surface area contributed by atoms with Gasteiger partial charge in [-0.25, -0.2) is 0 Å². The predicted molar refractivity (Wildman–Crippen MR) is 58.5 cm³/mol. The van der Waals surface area contributed by atoms with Crippen molar-refractivity contribution in [3.05, 3.63) is 17.4 Å². The summed E-state index contributed by atoms with van der Waals surface area (Å²) in [6.07, 6.45) is 9.05. The van der Waals surface area contributed by atoms with Crippen molar-refractivity contribution in [3.8, 4) is 6.07 Å². The molecule has 0 bridgehead atoms. The van der Waals surface area contributed by atoms with Crippen LogP contribution in [-0.2, 0) is 0 Å². The topological polar surface area (TPSA) is 41.6 Å². The molecule has 1 aliphatic rings. The van der Waals surface area contributed by atoms with Crippen LogP contribution < -0.4 is 0 Å². The van der Waals surface area contributed by atoms with Crippen molar-refractivity contribution in [2.75, 3.05) is 0 Å². The molecule has 2 rings (SSSR count). The summed E-state index contributed by atoms with van der Waals surface area (Å²) in [6, 6.07) is 2.61. The summed E-state index contributed by atoms with van der Waals surface area (Å²) in [7, 11) is 0. The van der Waals surface area contributed by atoms with E-state index < -0.39 is 0 Å². The predicted octanol–water partition coefficient (Wildman–Crippen LogP) is 3.18. The van der Waals surface area contributed by atoms with Crippen LogP contribution in [0.2, 0.25) is 5.02 Å². The van der Waals surface area contributed by atoms with Gasteiger partial charge < -0.3 is 0 Å². The first-order valence-corrected chi connectivity index (χ1v) is 5.78. The Morgan fingerprint density at radius 1 is 1.40 bits per heavy atom. The Kier molecular flexibility index (Phi) is 3.27. The van der Waals surface area contributed by atoms with Crippen molar-refractivity contribution in [2.24, 2.45) is 5.92 Å². The van der Waals surface area contributed by atoms with Gasteiger partial charge in [0.05, 0.1) is 29.2 Å². The Labute approximate surface area is 94.6 Å². The van der Waals surface area contributed by atoms with Gasteiger partial charge in [0.25, 0.3) is 0 Å². The minimum Gasteiger partial charge on any atom is -0.267 e. The molecular weight excluding hydrogens is 210 g/mol. The van der Waals surface area contributed by atoms with Crippen LogP contribution in [0.4, 0.5) is 0 Å². The highest BCUT2D eigenvalue weighted by atomic mass is 35.5. The van der Waals surface area contributed by atoms with E-state index in [0.717, 1.165) is 19.3 Å². The molecule has 15 heavy (non-hydrogen) atoms. The highest BCUT2D eigenvalue weighted by Gasteiger charge is 2.25. The molecule has 0 N–H and O–H groups in total. The average Bonchev–Trinajstić information content (AvgIpc) is 2.54. The molecule has 80 valence electrons. The van der Waals surface area contributed by atoms with Crippen molar-refractivity contribution in [2.45, 2.75) is 38.1 Å². The maximum absolute atomic E-state index is 9.13. The van der Waals surface area contributed by atoms with Crippen molar-refractivity contribution in [3.63, 3.8) is 0 Å². The second kappa shape index (κ2) is 4.67. The van der Waals surface area contributed by atoms with Crippen LogP contribution in [0.3, 0.4) is 0 Å². The number of halogens is 1. The molecule has 1 aliphatic carbocycles. The van der Waals surface area contributed by atoms with E-state index in [4.69, 9.17) is 16.9 Å². The van der Waals surface area contributed by atoms with Crippen molar-refractivity contribution in [1.82, 2.24) is 9.78 Å². The van der Waals surface area contributed by atoms with Crippen LogP contribution in [-0.4, -0.2) is 9.78 Å². The van der Waals surface area contributed by atoms with Gasteiger partial charge in [-0.2, -0.15) is 10.4 Å². The van der Waals surface area contributed by atoms with E-state index >= 15 is 0 Å². The fourth-order valence-electron chi connectivity index (χ4n) is 2.25. The molecule has 4 heteroatoms. The number of hydrogen-bond acceptors (Lipinski definition) is 2. The highest BCUT2D eigenvalue weighted by Crippen LogP contribution is 2.32. The molecule has 0 saturated heterocycles. The van der Waals surface area contributed by atoms with E-state index in [9.17, 15) is 0 Å². The van der Waals surface area contributed by atoms with Gasteiger partial charge in [-0.3, -0.25) is 4.68 Å². The number of nitriles is 1. The standard InChI is InChI=1S/C11H14ClN3/c12-10-7-14-15(8-10)11-5-3-1-2-4-9(11)6-13/h7-9,11H,1-5H2. The number of aromatic nitrogens is 2. The zero-order valence-corrected chi connectivity index (χ0v) is 9.32. The summed E-state index contributed by atoms with van der Waals surface area (Å²) in [6.45, 7) is 0. The first kappa shape index (κ1) is 10.5. The van der Waals surface area contributed by atoms with E-state index in [0.29, 0.717) is 5.02 Å². The van der Waals surface area contributed by atoms with Crippen LogP contribution in [0.15, 0.2) is 12.4 Å². The minimum absolute atomic E-state index is 0.0865. The summed E-state index contributed by atoms with van der Waals surface area (Å²) < 4.78 is 1.86. The molecule has 1 aromatic rings. The molecule has 0 amide bonds. The van der Waals surface area contributed by atoms with Crippen LogP contribution in [0.1, 0.15) is 38.1 Å². The summed E-state index contributed by atoms with van der Waals surface area (Å²) in [5.74, 6) is 0.0865. The van der Waals surface area contributed by atoms with Gasteiger partial charge in [0.15, 0.2) is 0 Å². The van der Waals surface area contributed by atoms with Gasteiger partial charge >= 0.3 is 0 Å². The van der Waals surface area contributed by atoms with Gasteiger partial charge in [0, 0.05) is 6.20 Å². The van der Waals surface area contributed by atoms with Gasteiger partial charge in [-0.15, -0.1) is 0 Å². The molecule has 0 radical (unpaired) electrons.